The van der Waals surface area contributed by atoms with Gasteiger partial charge in [0.15, 0.2) is 0 Å². The second-order valence-electron chi connectivity index (χ2n) is 9.38. The minimum Gasteiger partial charge on any atom is -0.489 e. The number of fused-ring (bicyclic) bond motifs is 2. The Balaban J connectivity index is 1.42. The number of hydrogen-bond acceptors (Lipinski definition) is 5. The van der Waals surface area contributed by atoms with Gasteiger partial charge in [-0.2, -0.15) is 0 Å². The number of hydrogen-bond donors (Lipinski definition) is 1. The van der Waals surface area contributed by atoms with Gasteiger partial charge < -0.3 is 19.4 Å². The number of carbonyl (C=O) groups is 1. The molecule has 3 heterocycles. The lowest BCUT2D eigenvalue weighted by molar-refractivity contribution is -0.120. The SMILES string of the molecule is C=C(C)COc1ccc2c(C)c(CC(=O)NC[C@@H]3CCCN4CCCC[C@H]34)c(=O)oc2c1. The van der Waals surface area contributed by atoms with Crippen LogP contribution in [0.25, 0.3) is 11.0 Å². The Labute approximate surface area is 189 Å². The molecule has 1 N–H and O–H groups in total. The number of ether oxygens (including phenoxy) is 1. The first kappa shape index (κ1) is 22.6. The van der Waals surface area contributed by atoms with Gasteiger partial charge in [-0.15, -0.1) is 0 Å². The highest BCUT2D eigenvalue weighted by Crippen LogP contribution is 2.30. The van der Waals surface area contributed by atoms with E-state index in [4.69, 9.17) is 9.15 Å². The Morgan fingerprint density at radius 3 is 2.88 bits per heavy atom. The quantitative estimate of drug-likeness (QED) is 0.523. The van der Waals surface area contributed by atoms with Gasteiger partial charge >= 0.3 is 5.63 Å². The van der Waals surface area contributed by atoms with Crippen molar-refractivity contribution in [1.29, 1.82) is 0 Å². The highest BCUT2D eigenvalue weighted by molar-refractivity contribution is 5.85. The van der Waals surface area contributed by atoms with Gasteiger partial charge in [0.25, 0.3) is 0 Å². The monoisotopic (exact) mass is 438 g/mol. The highest BCUT2D eigenvalue weighted by atomic mass is 16.5. The fourth-order valence-electron chi connectivity index (χ4n) is 5.16. The molecule has 6 heteroatoms. The molecule has 4 rings (SSSR count). The van der Waals surface area contributed by atoms with E-state index in [0.29, 0.717) is 42.0 Å². The average molecular weight is 439 g/mol. The Hall–Kier alpha value is -2.60. The molecule has 1 aromatic heterocycles. The Bertz CT molecular complexity index is 1060. The largest absolute Gasteiger partial charge is 0.489 e. The molecular weight excluding hydrogens is 404 g/mol. The molecule has 1 aromatic carbocycles. The van der Waals surface area contributed by atoms with Crippen molar-refractivity contribution in [2.24, 2.45) is 5.92 Å². The summed E-state index contributed by atoms with van der Waals surface area (Å²) >= 11 is 0. The Morgan fingerprint density at radius 2 is 2.06 bits per heavy atom. The molecule has 0 spiro atoms. The van der Waals surface area contributed by atoms with Crippen LogP contribution < -0.4 is 15.7 Å². The van der Waals surface area contributed by atoms with Crippen LogP contribution in [0.15, 0.2) is 39.6 Å². The summed E-state index contributed by atoms with van der Waals surface area (Å²) in [6.45, 7) is 11.1. The summed E-state index contributed by atoms with van der Waals surface area (Å²) in [6.07, 6.45) is 6.19. The van der Waals surface area contributed by atoms with Crippen LogP contribution in [0.2, 0.25) is 0 Å². The zero-order valence-electron chi connectivity index (χ0n) is 19.2. The summed E-state index contributed by atoms with van der Waals surface area (Å²) in [4.78, 5) is 28.0. The predicted molar refractivity (Wildman–Crippen MR) is 126 cm³/mol. The van der Waals surface area contributed by atoms with E-state index in [1.54, 1.807) is 6.07 Å². The smallest absolute Gasteiger partial charge is 0.340 e. The van der Waals surface area contributed by atoms with Crippen molar-refractivity contribution in [1.82, 2.24) is 10.2 Å². The summed E-state index contributed by atoms with van der Waals surface area (Å²) in [5, 5.41) is 3.92. The minimum atomic E-state index is -0.460. The fourth-order valence-corrected chi connectivity index (χ4v) is 5.16. The van der Waals surface area contributed by atoms with Crippen molar-refractivity contribution in [3.05, 3.63) is 51.9 Å². The van der Waals surface area contributed by atoms with Gasteiger partial charge in [-0.1, -0.05) is 13.0 Å². The third kappa shape index (κ3) is 5.07. The van der Waals surface area contributed by atoms with E-state index < -0.39 is 5.63 Å². The van der Waals surface area contributed by atoms with Gasteiger partial charge in [0.05, 0.1) is 12.0 Å². The zero-order chi connectivity index (χ0) is 22.7. The molecule has 32 heavy (non-hydrogen) atoms. The topological polar surface area (TPSA) is 71.8 Å². The number of nitrogens with zero attached hydrogens (tertiary/aromatic N) is 1. The maximum Gasteiger partial charge on any atom is 0.340 e. The Morgan fingerprint density at radius 1 is 1.25 bits per heavy atom. The molecule has 172 valence electrons. The zero-order valence-corrected chi connectivity index (χ0v) is 19.2. The van der Waals surface area contributed by atoms with Crippen LogP contribution >= 0.6 is 0 Å². The van der Waals surface area contributed by atoms with Crippen LogP contribution in [0.3, 0.4) is 0 Å². The number of aryl methyl sites for hydroxylation is 1. The third-order valence-corrected chi connectivity index (χ3v) is 6.87. The van der Waals surface area contributed by atoms with Crippen LogP contribution in [-0.2, 0) is 11.2 Å². The van der Waals surface area contributed by atoms with Crippen molar-refractivity contribution in [3.63, 3.8) is 0 Å². The van der Waals surface area contributed by atoms with Crippen LogP contribution in [-0.4, -0.2) is 43.1 Å². The highest BCUT2D eigenvalue weighted by Gasteiger charge is 2.33. The van der Waals surface area contributed by atoms with E-state index in [1.807, 2.05) is 26.0 Å². The van der Waals surface area contributed by atoms with E-state index >= 15 is 0 Å². The molecule has 2 aliphatic rings. The predicted octanol–water partition coefficient (Wildman–Crippen LogP) is 3.98. The van der Waals surface area contributed by atoms with Gasteiger partial charge in [0.2, 0.25) is 5.91 Å². The summed E-state index contributed by atoms with van der Waals surface area (Å²) in [5.74, 6) is 1.01. The second-order valence-corrected chi connectivity index (χ2v) is 9.38. The van der Waals surface area contributed by atoms with Crippen molar-refractivity contribution < 1.29 is 13.9 Å². The molecule has 1 amide bonds. The number of benzene rings is 1. The molecular formula is C26H34N2O4. The average Bonchev–Trinajstić information content (AvgIpc) is 2.78. The maximum atomic E-state index is 12.7. The van der Waals surface area contributed by atoms with Gasteiger partial charge in [0.1, 0.15) is 17.9 Å². The van der Waals surface area contributed by atoms with Gasteiger partial charge in [0, 0.05) is 24.0 Å². The van der Waals surface area contributed by atoms with Crippen LogP contribution in [0.1, 0.15) is 50.2 Å². The number of nitrogens with one attached hydrogen (secondary N) is 1. The number of piperidine rings is 2. The van der Waals surface area contributed by atoms with Gasteiger partial charge in [-0.3, -0.25) is 4.79 Å². The number of carbonyl (C=O) groups excluding carboxylic acids is 1. The van der Waals surface area contributed by atoms with Gasteiger partial charge in [-0.05, 0) is 81.8 Å². The van der Waals surface area contributed by atoms with E-state index in [0.717, 1.165) is 22.9 Å². The van der Waals surface area contributed by atoms with Crippen LogP contribution in [0, 0.1) is 12.8 Å². The lowest BCUT2D eigenvalue weighted by atomic mass is 9.83. The Kier molecular flexibility index (Phi) is 6.99. The van der Waals surface area contributed by atoms with Crippen LogP contribution in [0.4, 0.5) is 0 Å². The molecule has 2 aliphatic heterocycles. The van der Waals surface area contributed by atoms with E-state index in [-0.39, 0.29) is 12.3 Å². The second kappa shape index (κ2) is 9.90. The van der Waals surface area contributed by atoms with Crippen molar-refractivity contribution in [3.8, 4) is 5.75 Å². The molecule has 2 saturated heterocycles. The first-order valence-corrected chi connectivity index (χ1v) is 11.8. The minimum absolute atomic E-state index is 0.0408. The summed E-state index contributed by atoms with van der Waals surface area (Å²) in [6, 6.07) is 6.03. The molecule has 2 aromatic rings. The molecule has 0 unspecified atom stereocenters. The summed E-state index contributed by atoms with van der Waals surface area (Å²) in [5.41, 5.74) is 2.13. The van der Waals surface area contributed by atoms with E-state index in [1.165, 1.54) is 38.8 Å². The molecule has 0 aliphatic carbocycles. The first-order valence-electron chi connectivity index (χ1n) is 11.8. The lowest BCUT2D eigenvalue weighted by Crippen LogP contribution is -2.51. The van der Waals surface area contributed by atoms with Crippen molar-refractivity contribution in [2.75, 3.05) is 26.2 Å². The molecule has 0 radical (unpaired) electrons. The standard InChI is InChI=1S/C26H34N2O4/c1-17(2)16-31-20-9-10-21-18(3)22(26(30)32-24(21)13-20)14-25(29)27-15-19-7-6-12-28-11-5-4-8-23(19)28/h9-10,13,19,23H,1,4-8,11-12,14-16H2,2-3H3,(H,27,29)/t19-,23+/m0/s1. The molecule has 2 fully saturated rings. The summed E-state index contributed by atoms with van der Waals surface area (Å²) < 4.78 is 11.2. The van der Waals surface area contributed by atoms with E-state index in [2.05, 4.69) is 16.8 Å². The molecule has 0 bridgehead atoms. The fraction of sp³-hybridized carbons (Fsp3) is 0.538. The van der Waals surface area contributed by atoms with Crippen molar-refractivity contribution in [2.45, 2.75) is 58.4 Å². The van der Waals surface area contributed by atoms with Gasteiger partial charge in [-0.25, -0.2) is 4.79 Å². The summed E-state index contributed by atoms with van der Waals surface area (Å²) in [7, 11) is 0. The molecule has 0 saturated carbocycles. The maximum absolute atomic E-state index is 12.7. The molecule has 2 atom stereocenters. The third-order valence-electron chi connectivity index (χ3n) is 6.87. The number of rotatable bonds is 7. The molecule has 6 nitrogen and oxygen atoms in total. The van der Waals surface area contributed by atoms with Crippen LogP contribution in [0.5, 0.6) is 5.75 Å². The normalized spacial score (nSPS) is 21.2. The van der Waals surface area contributed by atoms with Crippen molar-refractivity contribution >= 4 is 16.9 Å². The van der Waals surface area contributed by atoms with E-state index in [9.17, 15) is 9.59 Å². The first-order chi connectivity index (χ1) is 15.4. The number of amides is 1. The lowest BCUT2D eigenvalue weighted by Gasteiger charge is -2.44.